The van der Waals surface area contributed by atoms with Crippen molar-refractivity contribution in [2.24, 2.45) is 0 Å². The Hall–Kier alpha value is -1.21. The predicted molar refractivity (Wildman–Crippen MR) is 69.2 cm³/mol. The molecule has 0 heterocycles. The van der Waals surface area contributed by atoms with Gasteiger partial charge in [-0.15, -0.1) is 0 Å². The lowest BCUT2D eigenvalue weighted by molar-refractivity contribution is 1.70. The second kappa shape index (κ2) is 8.39. The highest BCUT2D eigenvalue weighted by Gasteiger charge is 1.94. The third-order valence-electron chi connectivity index (χ3n) is 1.40. The molecular formula is C13H16S. The van der Waals surface area contributed by atoms with E-state index >= 15 is 0 Å². The van der Waals surface area contributed by atoms with Gasteiger partial charge in [0.1, 0.15) is 0 Å². The topological polar surface area (TPSA) is 0 Å². The van der Waals surface area contributed by atoms with Crippen LogP contribution in [0.3, 0.4) is 0 Å². The maximum atomic E-state index is 3.74. The first kappa shape index (κ1) is 12.8. The van der Waals surface area contributed by atoms with Crippen LogP contribution in [0.5, 0.6) is 0 Å². The van der Waals surface area contributed by atoms with Crippen molar-refractivity contribution in [2.45, 2.75) is 6.92 Å². The van der Waals surface area contributed by atoms with E-state index in [1.807, 2.05) is 37.3 Å². The van der Waals surface area contributed by atoms with Gasteiger partial charge in [0.2, 0.25) is 0 Å². The molecule has 1 heteroatoms. The van der Waals surface area contributed by atoms with E-state index in [-0.39, 0.29) is 0 Å². The molecule has 0 aromatic heterocycles. The van der Waals surface area contributed by atoms with E-state index in [1.54, 1.807) is 23.9 Å². The average Bonchev–Trinajstić information content (AvgIpc) is 2.22. The molecule has 74 valence electrons. The van der Waals surface area contributed by atoms with Crippen LogP contribution in [-0.4, -0.2) is 0 Å². The summed E-state index contributed by atoms with van der Waals surface area (Å²) in [5, 5.41) is 0. The quantitative estimate of drug-likeness (QED) is 0.569. The third kappa shape index (κ3) is 5.44. The molecule has 0 fully saturated rings. The maximum Gasteiger partial charge on any atom is 0.0116 e. The Balaban J connectivity index is 4.52. The van der Waals surface area contributed by atoms with Gasteiger partial charge in [-0.1, -0.05) is 61.9 Å². The molecule has 0 N–H and O–H groups in total. The number of thioether (sulfide) groups is 1. The SMILES string of the molecule is C=C/C=C\C(=C/C)S/C(C=C)=C/C=C. The minimum Gasteiger partial charge on any atom is -0.0991 e. The highest BCUT2D eigenvalue weighted by Crippen LogP contribution is 2.26. The molecule has 0 saturated carbocycles. The molecule has 0 aromatic rings. The third-order valence-corrected chi connectivity index (χ3v) is 2.55. The molecule has 0 aromatic carbocycles. The molecule has 0 aliphatic carbocycles. The van der Waals surface area contributed by atoms with Gasteiger partial charge in [0.25, 0.3) is 0 Å². The lowest BCUT2D eigenvalue weighted by Gasteiger charge is -2.00. The van der Waals surface area contributed by atoms with Crippen LogP contribution in [0.2, 0.25) is 0 Å². The van der Waals surface area contributed by atoms with Gasteiger partial charge < -0.3 is 0 Å². The first-order chi connectivity index (χ1) is 6.78. The number of hydrogen-bond donors (Lipinski definition) is 0. The summed E-state index contributed by atoms with van der Waals surface area (Å²) in [7, 11) is 0. The summed E-state index contributed by atoms with van der Waals surface area (Å²) >= 11 is 1.65. The Bertz CT molecular complexity index is 290. The summed E-state index contributed by atoms with van der Waals surface area (Å²) in [6.07, 6.45) is 13.2. The molecule has 0 saturated heterocycles. The van der Waals surface area contributed by atoms with E-state index in [9.17, 15) is 0 Å². The van der Waals surface area contributed by atoms with E-state index in [1.165, 1.54) is 0 Å². The molecule has 0 rings (SSSR count). The van der Waals surface area contributed by atoms with Gasteiger partial charge in [0.05, 0.1) is 0 Å². The first-order valence-electron chi connectivity index (χ1n) is 4.37. The Morgan fingerprint density at radius 2 is 1.79 bits per heavy atom. The summed E-state index contributed by atoms with van der Waals surface area (Å²) in [4.78, 5) is 2.25. The van der Waals surface area contributed by atoms with E-state index < -0.39 is 0 Å². The molecule has 0 atom stereocenters. The molecule has 0 aliphatic rings. The van der Waals surface area contributed by atoms with Gasteiger partial charge in [-0.25, -0.2) is 0 Å². The molecule has 0 radical (unpaired) electrons. The van der Waals surface area contributed by atoms with Crippen LogP contribution >= 0.6 is 11.8 Å². The van der Waals surface area contributed by atoms with Crippen LogP contribution in [0.15, 0.2) is 72.1 Å². The Labute approximate surface area is 91.1 Å². The normalized spacial score (nSPS) is 12.9. The first-order valence-corrected chi connectivity index (χ1v) is 5.18. The molecule has 0 bridgehead atoms. The van der Waals surface area contributed by atoms with Crippen molar-refractivity contribution in [3.63, 3.8) is 0 Å². The summed E-state index contributed by atoms with van der Waals surface area (Å²) in [5.41, 5.74) is 0. The molecule has 0 unspecified atom stereocenters. The molecule has 0 spiro atoms. The fraction of sp³-hybridized carbons (Fsp3) is 0.0769. The molecule has 0 nitrogen and oxygen atoms in total. The lowest BCUT2D eigenvalue weighted by Crippen LogP contribution is -1.72. The molecule has 0 aliphatic heterocycles. The Kier molecular flexibility index (Phi) is 7.67. The smallest absolute Gasteiger partial charge is 0.0116 e. The van der Waals surface area contributed by atoms with Crippen molar-refractivity contribution < 1.29 is 0 Å². The van der Waals surface area contributed by atoms with E-state index in [0.717, 1.165) is 9.81 Å². The van der Waals surface area contributed by atoms with Crippen molar-refractivity contribution in [3.8, 4) is 0 Å². The highest BCUT2D eigenvalue weighted by molar-refractivity contribution is 8.07. The Morgan fingerprint density at radius 1 is 1.07 bits per heavy atom. The van der Waals surface area contributed by atoms with Crippen molar-refractivity contribution in [1.82, 2.24) is 0 Å². The highest BCUT2D eigenvalue weighted by atomic mass is 32.2. The predicted octanol–water partition coefficient (Wildman–Crippen LogP) is 4.62. The Morgan fingerprint density at radius 3 is 2.21 bits per heavy atom. The minimum absolute atomic E-state index is 1.09. The molecular weight excluding hydrogens is 188 g/mol. The number of allylic oxidation sites excluding steroid dienone is 7. The fourth-order valence-electron chi connectivity index (χ4n) is 0.748. The van der Waals surface area contributed by atoms with E-state index in [0.29, 0.717) is 0 Å². The van der Waals surface area contributed by atoms with Crippen molar-refractivity contribution in [1.29, 1.82) is 0 Å². The molecule has 0 amide bonds. The van der Waals surface area contributed by atoms with Crippen LogP contribution in [0.25, 0.3) is 0 Å². The summed E-state index contributed by atoms with van der Waals surface area (Å²) in [6, 6.07) is 0. The van der Waals surface area contributed by atoms with Gasteiger partial charge in [-0.2, -0.15) is 0 Å². The van der Waals surface area contributed by atoms with Gasteiger partial charge in [-0.3, -0.25) is 0 Å². The van der Waals surface area contributed by atoms with Crippen LogP contribution in [-0.2, 0) is 0 Å². The van der Waals surface area contributed by atoms with Gasteiger partial charge in [0, 0.05) is 9.81 Å². The summed E-state index contributed by atoms with van der Waals surface area (Å²) in [6.45, 7) is 13.0. The summed E-state index contributed by atoms with van der Waals surface area (Å²) < 4.78 is 0. The number of rotatable bonds is 6. The van der Waals surface area contributed by atoms with Crippen LogP contribution < -0.4 is 0 Å². The zero-order valence-corrected chi connectivity index (χ0v) is 9.39. The van der Waals surface area contributed by atoms with Crippen LogP contribution in [0.1, 0.15) is 6.92 Å². The van der Waals surface area contributed by atoms with Crippen molar-refractivity contribution >= 4 is 11.8 Å². The second-order valence-corrected chi connectivity index (χ2v) is 3.54. The van der Waals surface area contributed by atoms with Gasteiger partial charge >= 0.3 is 0 Å². The minimum atomic E-state index is 1.09. The van der Waals surface area contributed by atoms with Crippen LogP contribution in [0, 0.1) is 0 Å². The fourth-order valence-corrected chi connectivity index (χ4v) is 1.53. The van der Waals surface area contributed by atoms with Gasteiger partial charge in [0.15, 0.2) is 0 Å². The monoisotopic (exact) mass is 204 g/mol. The zero-order valence-electron chi connectivity index (χ0n) is 8.57. The number of hydrogen-bond acceptors (Lipinski definition) is 1. The average molecular weight is 204 g/mol. The van der Waals surface area contributed by atoms with Crippen molar-refractivity contribution in [2.75, 3.05) is 0 Å². The van der Waals surface area contributed by atoms with E-state index in [4.69, 9.17) is 0 Å². The van der Waals surface area contributed by atoms with Gasteiger partial charge in [-0.05, 0) is 19.1 Å². The van der Waals surface area contributed by atoms with Crippen LogP contribution in [0.4, 0.5) is 0 Å². The largest absolute Gasteiger partial charge is 0.0991 e. The molecule has 14 heavy (non-hydrogen) atoms. The second-order valence-electron chi connectivity index (χ2n) is 2.40. The lowest BCUT2D eigenvalue weighted by atomic mass is 10.4. The van der Waals surface area contributed by atoms with Crippen molar-refractivity contribution in [3.05, 3.63) is 72.1 Å². The summed E-state index contributed by atoms with van der Waals surface area (Å²) in [5.74, 6) is 0. The standard InChI is InChI=1S/C13H16S/c1-5-9-11-13(8-4)14-12(7-3)10-6-2/h5-11H,1-3H2,4H3/b11-9-,12-10+,13-8+. The zero-order chi connectivity index (χ0) is 10.8. The maximum absolute atomic E-state index is 3.74. The van der Waals surface area contributed by atoms with E-state index in [2.05, 4.69) is 19.7 Å².